The molecule has 0 aliphatic carbocycles. The molecule has 0 aromatic carbocycles. The monoisotopic (exact) mass is 299 g/mol. The normalized spacial score (nSPS) is 22.2. The molecule has 0 aromatic rings. The summed E-state index contributed by atoms with van der Waals surface area (Å²) in [6.07, 6.45) is 1.59. The Morgan fingerprint density at radius 2 is 1.71 bits per heavy atom. The Labute approximate surface area is 129 Å². The first-order chi connectivity index (χ1) is 9.80. The molecule has 1 fully saturated rings. The second-order valence-electron chi connectivity index (χ2n) is 6.78. The lowest BCUT2D eigenvalue weighted by molar-refractivity contribution is -0.145. The number of nitrogens with zero attached hydrogens (tertiary/aromatic N) is 2. The van der Waals surface area contributed by atoms with Gasteiger partial charge in [0.1, 0.15) is 5.54 Å². The van der Waals surface area contributed by atoms with E-state index in [-0.39, 0.29) is 6.04 Å². The maximum atomic E-state index is 11.6. The Bertz CT molecular complexity index is 327. The molecule has 2 atom stereocenters. The van der Waals surface area contributed by atoms with Crippen molar-refractivity contribution in [1.82, 2.24) is 15.1 Å². The second kappa shape index (κ2) is 8.11. The minimum atomic E-state index is -0.829. The minimum Gasteiger partial charge on any atom is -0.480 e. The summed E-state index contributed by atoms with van der Waals surface area (Å²) in [7, 11) is 0. The van der Waals surface area contributed by atoms with E-state index in [4.69, 9.17) is 0 Å². The van der Waals surface area contributed by atoms with Crippen molar-refractivity contribution >= 4 is 5.97 Å². The number of carboxylic acid groups (broad SMARTS) is 1. The number of carboxylic acids is 1. The number of hydrogen-bond donors (Lipinski definition) is 2. The molecule has 1 heterocycles. The first kappa shape index (κ1) is 18.4. The molecule has 5 nitrogen and oxygen atoms in total. The van der Waals surface area contributed by atoms with Crippen LogP contribution in [0.25, 0.3) is 0 Å². The molecule has 0 aromatic heterocycles. The summed E-state index contributed by atoms with van der Waals surface area (Å²) >= 11 is 0. The molecule has 21 heavy (non-hydrogen) atoms. The summed E-state index contributed by atoms with van der Waals surface area (Å²) in [4.78, 5) is 16.5. The predicted molar refractivity (Wildman–Crippen MR) is 86.7 cm³/mol. The number of aliphatic carboxylic acids is 1. The highest BCUT2D eigenvalue weighted by molar-refractivity contribution is 5.78. The van der Waals surface area contributed by atoms with E-state index in [2.05, 4.69) is 42.8 Å². The number of nitrogens with one attached hydrogen (secondary N) is 1. The molecule has 0 amide bonds. The number of piperazine rings is 1. The van der Waals surface area contributed by atoms with Crippen LogP contribution < -0.4 is 5.32 Å². The molecule has 1 aliphatic rings. The third-order valence-electron chi connectivity index (χ3n) is 4.64. The molecule has 0 bridgehead atoms. The molecule has 124 valence electrons. The fraction of sp³-hybridized carbons (Fsp3) is 0.938. The van der Waals surface area contributed by atoms with Crippen molar-refractivity contribution in [2.24, 2.45) is 0 Å². The lowest BCUT2D eigenvalue weighted by Gasteiger charge is -2.41. The standard InChI is InChI=1S/C16H33N3O2/c1-6-7-17-16(5,15(20)21)12-14(4)19-10-8-18(9-11-19)13(2)3/h13-14,17H,6-12H2,1-5H3,(H,20,21). The highest BCUT2D eigenvalue weighted by atomic mass is 16.4. The third-order valence-corrected chi connectivity index (χ3v) is 4.64. The summed E-state index contributed by atoms with van der Waals surface area (Å²) in [5.41, 5.74) is -0.829. The van der Waals surface area contributed by atoms with Gasteiger partial charge in [0.05, 0.1) is 0 Å². The number of hydrogen-bond acceptors (Lipinski definition) is 4. The summed E-state index contributed by atoms with van der Waals surface area (Å²) in [6, 6.07) is 0.878. The number of carbonyl (C=O) groups is 1. The lowest BCUT2D eigenvalue weighted by Crippen LogP contribution is -2.56. The summed E-state index contributed by atoms with van der Waals surface area (Å²) in [5.74, 6) is -0.747. The molecule has 2 unspecified atom stereocenters. The Kier molecular flexibility index (Phi) is 7.10. The van der Waals surface area contributed by atoms with Crippen LogP contribution in [0, 0.1) is 0 Å². The fourth-order valence-corrected chi connectivity index (χ4v) is 3.05. The van der Waals surface area contributed by atoms with Gasteiger partial charge in [0.15, 0.2) is 0 Å². The first-order valence-electron chi connectivity index (χ1n) is 8.26. The molecule has 2 N–H and O–H groups in total. The van der Waals surface area contributed by atoms with Crippen LogP contribution in [-0.2, 0) is 4.79 Å². The zero-order chi connectivity index (χ0) is 16.0. The zero-order valence-corrected chi connectivity index (χ0v) is 14.4. The van der Waals surface area contributed by atoms with Gasteiger partial charge in [0.25, 0.3) is 0 Å². The van der Waals surface area contributed by atoms with Crippen molar-refractivity contribution < 1.29 is 9.90 Å². The lowest BCUT2D eigenvalue weighted by atomic mass is 9.92. The van der Waals surface area contributed by atoms with Crippen LogP contribution in [0.4, 0.5) is 0 Å². The summed E-state index contributed by atoms with van der Waals surface area (Å²) in [6.45, 7) is 15.4. The van der Waals surface area contributed by atoms with E-state index in [1.165, 1.54) is 0 Å². The van der Waals surface area contributed by atoms with Crippen molar-refractivity contribution in [3.8, 4) is 0 Å². The molecular weight excluding hydrogens is 266 g/mol. The Hall–Kier alpha value is -0.650. The highest BCUT2D eigenvalue weighted by Gasteiger charge is 2.36. The van der Waals surface area contributed by atoms with Crippen molar-refractivity contribution in [3.63, 3.8) is 0 Å². The third kappa shape index (κ3) is 5.24. The van der Waals surface area contributed by atoms with Gasteiger partial charge in [-0.3, -0.25) is 14.6 Å². The Balaban J connectivity index is 2.54. The van der Waals surface area contributed by atoms with Crippen LogP contribution in [0.15, 0.2) is 0 Å². The van der Waals surface area contributed by atoms with Gasteiger partial charge in [-0.15, -0.1) is 0 Å². The van der Waals surface area contributed by atoms with Crippen LogP contribution >= 0.6 is 0 Å². The van der Waals surface area contributed by atoms with Gasteiger partial charge >= 0.3 is 5.97 Å². The maximum absolute atomic E-state index is 11.6. The maximum Gasteiger partial charge on any atom is 0.323 e. The van der Waals surface area contributed by atoms with Crippen LogP contribution in [0.2, 0.25) is 0 Å². The van der Waals surface area contributed by atoms with Crippen molar-refractivity contribution in [3.05, 3.63) is 0 Å². The minimum absolute atomic E-state index is 0.282. The fourth-order valence-electron chi connectivity index (χ4n) is 3.05. The van der Waals surface area contributed by atoms with E-state index >= 15 is 0 Å². The van der Waals surface area contributed by atoms with Gasteiger partial charge in [-0.1, -0.05) is 6.92 Å². The van der Waals surface area contributed by atoms with Crippen molar-refractivity contribution in [2.75, 3.05) is 32.7 Å². The Morgan fingerprint density at radius 1 is 1.19 bits per heavy atom. The van der Waals surface area contributed by atoms with Crippen molar-refractivity contribution in [1.29, 1.82) is 0 Å². The summed E-state index contributed by atoms with van der Waals surface area (Å²) < 4.78 is 0. The van der Waals surface area contributed by atoms with Crippen molar-refractivity contribution in [2.45, 2.75) is 65.1 Å². The van der Waals surface area contributed by atoms with Gasteiger partial charge in [-0.2, -0.15) is 0 Å². The summed E-state index contributed by atoms with van der Waals surface area (Å²) in [5, 5.41) is 12.7. The Morgan fingerprint density at radius 3 is 2.14 bits per heavy atom. The SMILES string of the molecule is CCCNC(C)(CC(C)N1CCN(C(C)C)CC1)C(=O)O. The van der Waals surface area contributed by atoms with E-state index in [9.17, 15) is 9.90 Å². The predicted octanol–water partition coefficient (Wildman–Crippen LogP) is 1.63. The molecular formula is C16H33N3O2. The second-order valence-corrected chi connectivity index (χ2v) is 6.78. The van der Waals surface area contributed by atoms with Gasteiger partial charge in [0.2, 0.25) is 0 Å². The first-order valence-corrected chi connectivity index (χ1v) is 8.26. The average molecular weight is 299 g/mol. The molecule has 1 rings (SSSR count). The van der Waals surface area contributed by atoms with E-state index in [1.807, 2.05) is 6.92 Å². The molecule has 0 saturated carbocycles. The zero-order valence-electron chi connectivity index (χ0n) is 14.4. The van der Waals surface area contributed by atoms with Crippen LogP contribution in [0.5, 0.6) is 0 Å². The molecule has 1 saturated heterocycles. The van der Waals surface area contributed by atoms with E-state index < -0.39 is 11.5 Å². The number of rotatable bonds is 8. The molecule has 1 aliphatic heterocycles. The smallest absolute Gasteiger partial charge is 0.323 e. The topological polar surface area (TPSA) is 55.8 Å². The van der Waals surface area contributed by atoms with Gasteiger partial charge in [0, 0.05) is 38.3 Å². The van der Waals surface area contributed by atoms with E-state index in [0.29, 0.717) is 12.5 Å². The largest absolute Gasteiger partial charge is 0.480 e. The van der Waals surface area contributed by atoms with Crippen LogP contribution in [-0.4, -0.2) is 71.2 Å². The van der Waals surface area contributed by atoms with Gasteiger partial charge in [-0.05, 0) is 47.1 Å². The molecule has 0 radical (unpaired) electrons. The van der Waals surface area contributed by atoms with Crippen LogP contribution in [0.1, 0.15) is 47.5 Å². The van der Waals surface area contributed by atoms with E-state index in [0.717, 1.165) is 39.1 Å². The van der Waals surface area contributed by atoms with Gasteiger partial charge in [-0.25, -0.2) is 0 Å². The van der Waals surface area contributed by atoms with E-state index in [1.54, 1.807) is 0 Å². The van der Waals surface area contributed by atoms with Gasteiger partial charge < -0.3 is 10.4 Å². The molecule has 0 spiro atoms. The highest BCUT2D eigenvalue weighted by Crippen LogP contribution is 2.19. The average Bonchev–Trinajstić information content (AvgIpc) is 2.45. The molecule has 5 heteroatoms. The van der Waals surface area contributed by atoms with Crippen LogP contribution in [0.3, 0.4) is 0 Å². The quantitative estimate of drug-likeness (QED) is 0.713.